The highest BCUT2D eigenvalue weighted by Crippen LogP contribution is 2.30. The minimum atomic E-state index is 0.253. The molecule has 0 fully saturated rings. The summed E-state index contributed by atoms with van der Waals surface area (Å²) >= 11 is 7.26. The van der Waals surface area contributed by atoms with Crippen LogP contribution in [0.15, 0.2) is 57.6 Å². The van der Waals surface area contributed by atoms with Crippen molar-refractivity contribution in [1.29, 1.82) is 5.41 Å². The van der Waals surface area contributed by atoms with E-state index in [2.05, 4.69) is 9.38 Å². The Morgan fingerprint density at radius 1 is 1.35 bits per heavy atom. The minimum absolute atomic E-state index is 0.253. The van der Waals surface area contributed by atoms with Crippen molar-refractivity contribution in [3.05, 3.63) is 53.3 Å². The van der Waals surface area contributed by atoms with Crippen LogP contribution in [-0.4, -0.2) is 16.4 Å². The van der Waals surface area contributed by atoms with Crippen molar-refractivity contribution in [2.75, 3.05) is 0 Å². The lowest BCUT2D eigenvalue weighted by atomic mass is 10.1. The molecule has 20 heavy (non-hydrogen) atoms. The number of nitrogens with two attached hydrogens (primary N) is 1. The lowest BCUT2D eigenvalue weighted by Crippen LogP contribution is -2.20. The number of nitrogens with one attached hydrogen (secondary N) is 2. The number of aromatic nitrogens is 1. The van der Waals surface area contributed by atoms with Gasteiger partial charge in [0, 0.05) is 34.1 Å². The number of fused-ring (bicyclic) bond motifs is 1. The molecule has 1 aromatic carbocycles. The summed E-state index contributed by atoms with van der Waals surface area (Å²) in [5.41, 5.74) is 7.91. The quantitative estimate of drug-likeness (QED) is 0.584. The number of nitrogens with zero attached hydrogens (tertiary/aromatic N) is 1. The highest BCUT2D eigenvalue weighted by molar-refractivity contribution is 7.98. The zero-order chi connectivity index (χ0) is 14.1. The van der Waals surface area contributed by atoms with Crippen molar-refractivity contribution in [2.24, 2.45) is 10.1 Å². The first kappa shape index (κ1) is 13.0. The van der Waals surface area contributed by atoms with Gasteiger partial charge in [-0.2, -0.15) is 0 Å². The molecule has 0 bridgehead atoms. The molecule has 0 spiro atoms. The second-order valence-corrected chi connectivity index (χ2v) is 5.51. The van der Waals surface area contributed by atoms with Crippen molar-refractivity contribution in [2.45, 2.75) is 4.90 Å². The van der Waals surface area contributed by atoms with E-state index in [1.807, 2.05) is 24.4 Å². The van der Waals surface area contributed by atoms with Gasteiger partial charge in [0.25, 0.3) is 0 Å². The molecular formula is C14H11ClN4S. The summed E-state index contributed by atoms with van der Waals surface area (Å²) in [7, 11) is 0. The van der Waals surface area contributed by atoms with Gasteiger partial charge in [-0.15, -0.1) is 0 Å². The molecule has 1 aromatic heterocycles. The maximum Gasteiger partial charge on any atom is 0.103 e. The van der Waals surface area contributed by atoms with E-state index in [1.54, 1.807) is 18.2 Å². The standard InChI is InChI=1S/C14H11ClN4S/c15-8-4-5-9-12(6-8)18-7-13(9)20-19-11-3-1-2-10(16)14(11)17/h1-7,17-18H,16H2. The average molecular weight is 303 g/mol. The van der Waals surface area contributed by atoms with Gasteiger partial charge >= 0.3 is 0 Å². The third-order valence-corrected chi connectivity index (χ3v) is 3.98. The van der Waals surface area contributed by atoms with Gasteiger partial charge in [-0.1, -0.05) is 23.7 Å². The van der Waals surface area contributed by atoms with E-state index in [1.165, 1.54) is 11.9 Å². The van der Waals surface area contributed by atoms with Gasteiger partial charge in [0.2, 0.25) is 0 Å². The van der Waals surface area contributed by atoms with Crippen molar-refractivity contribution in [1.82, 2.24) is 4.98 Å². The maximum atomic E-state index is 7.86. The summed E-state index contributed by atoms with van der Waals surface area (Å²) in [6.07, 6.45) is 7.14. The van der Waals surface area contributed by atoms with Gasteiger partial charge in [0.15, 0.2) is 0 Å². The first-order chi connectivity index (χ1) is 9.65. The largest absolute Gasteiger partial charge is 0.397 e. The third kappa shape index (κ3) is 2.37. The number of hydrogen-bond acceptors (Lipinski definition) is 4. The van der Waals surface area contributed by atoms with Crippen LogP contribution >= 0.6 is 23.5 Å². The molecule has 4 N–H and O–H groups in total. The smallest absolute Gasteiger partial charge is 0.103 e. The zero-order valence-corrected chi connectivity index (χ0v) is 11.9. The molecule has 0 unspecified atom stereocenters. The zero-order valence-electron chi connectivity index (χ0n) is 10.4. The summed E-state index contributed by atoms with van der Waals surface area (Å²) < 4.78 is 4.38. The molecule has 4 nitrogen and oxygen atoms in total. The van der Waals surface area contributed by atoms with Crippen molar-refractivity contribution in [3.63, 3.8) is 0 Å². The predicted octanol–water partition coefficient (Wildman–Crippen LogP) is 3.70. The van der Waals surface area contributed by atoms with E-state index < -0.39 is 0 Å². The SMILES string of the molecule is N=C1C(N)=CC=CC1=NSc1c[nH]c2cc(Cl)ccc12. The Labute approximate surface area is 125 Å². The van der Waals surface area contributed by atoms with Crippen LogP contribution in [0.3, 0.4) is 0 Å². The topological polar surface area (TPSA) is 78.0 Å². The van der Waals surface area contributed by atoms with Gasteiger partial charge in [-0.3, -0.25) is 5.41 Å². The van der Waals surface area contributed by atoms with Crippen molar-refractivity contribution >= 4 is 45.9 Å². The number of benzene rings is 1. The number of halogens is 1. The third-order valence-electron chi connectivity index (χ3n) is 2.92. The molecule has 1 aliphatic carbocycles. The van der Waals surface area contributed by atoms with E-state index in [9.17, 15) is 0 Å². The van der Waals surface area contributed by atoms with Gasteiger partial charge in [0.05, 0.1) is 16.3 Å². The van der Waals surface area contributed by atoms with Gasteiger partial charge in [-0.05, 0) is 24.3 Å². The van der Waals surface area contributed by atoms with E-state index >= 15 is 0 Å². The fraction of sp³-hybridized carbons (Fsp3) is 0. The summed E-state index contributed by atoms with van der Waals surface area (Å²) in [6.45, 7) is 0. The molecule has 100 valence electrons. The summed E-state index contributed by atoms with van der Waals surface area (Å²) in [6, 6.07) is 5.67. The molecule has 1 heterocycles. The van der Waals surface area contributed by atoms with Crippen LogP contribution in [0.5, 0.6) is 0 Å². The first-order valence-corrected chi connectivity index (χ1v) is 7.05. The number of aromatic amines is 1. The fourth-order valence-corrected chi connectivity index (χ4v) is 2.79. The molecule has 0 radical (unpaired) electrons. The second-order valence-electron chi connectivity index (χ2n) is 4.27. The highest BCUT2D eigenvalue weighted by Gasteiger charge is 2.11. The molecule has 3 rings (SSSR count). The monoisotopic (exact) mass is 302 g/mol. The van der Waals surface area contributed by atoms with Crippen LogP contribution in [0, 0.1) is 5.41 Å². The lowest BCUT2D eigenvalue weighted by Gasteiger charge is -2.07. The van der Waals surface area contributed by atoms with Crippen LogP contribution in [0.2, 0.25) is 5.02 Å². The van der Waals surface area contributed by atoms with Gasteiger partial charge in [0.1, 0.15) is 5.71 Å². The van der Waals surface area contributed by atoms with E-state index in [0.29, 0.717) is 16.4 Å². The Bertz CT molecular complexity index is 786. The number of allylic oxidation sites excluding steroid dienone is 4. The Morgan fingerprint density at radius 2 is 2.20 bits per heavy atom. The summed E-state index contributed by atoms with van der Waals surface area (Å²) in [5.74, 6) is 0. The fourth-order valence-electron chi connectivity index (χ4n) is 1.88. The van der Waals surface area contributed by atoms with Gasteiger partial charge < -0.3 is 10.7 Å². The van der Waals surface area contributed by atoms with Gasteiger partial charge in [-0.25, -0.2) is 4.40 Å². The Balaban J connectivity index is 1.89. The molecule has 0 atom stereocenters. The molecule has 0 aliphatic heterocycles. The predicted molar refractivity (Wildman–Crippen MR) is 85.7 cm³/mol. The lowest BCUT2D eigenvalue weighted by molar-refractivity contribution is 1.40. The van der Waals surface area contributed by atoms with Crippen LogP contribution in [0.4, 0.5) is 0 Å². The first-order valence-electron chi connectivity index (χ1n) is 5.90. The van der Waals surface area contributed by atoms with E-state index in [-0.39, 0.29) is 5.71 Å². The normalized spacial score (nSPS) is 16.9. The molecule has 0 saturated carbocycles. The maximum absolute atomic E-state index is 7.86. The molecule has 1 aliphatic rings. The number of hydrogen-bond donors (Lipinski definition) is 3. The molecule has 2 aromatic rings. The van der Waals surface area contributed by atoms with Crippen LogP contribution < -0.4 is 5.73 Å². The van der Waals surface area contributed by atoms with Crippen LogP contribution in [0.25, 0.3) is 10.9 Å². The Kier molecular flexibility index (Phi) is 3.38. The molecule has 0 saturated heterocycles. The van der Waals surface area contributed by atoms with Crippen LogP contribution in [0.1, 0.15) is 0 Å². The highest BCUT2D eigenvalue weighted by atomic mass is 35.5. The molecule has 6 heteroatoms. The number of H-pyrrole nitrogens is 1. The minimum Gasteiger partial charge on any atom is -0.397 e. The number of rotatable bonds is 2. The average Bonchev–Trinajstić information content (AvgIpc) is 2.83. The van der Waals surface area contributed by atoms with E-state index in [0.717, 1.165) is 15.8 Å². The summed E-state index contributed by atoms with van der Waals surface area (Å²) in [4.78, 5) is 4.14. The molecular weight excluding hydrogens is 292 g/mol. The Morgan fingerprint density at radius 3 is 3.05 bits per heavy atom. The summed E-state index contributed by atoms with van der Waals surface area (Å²) in [5, 5.41) is 9.60. The molecule has 0 amide bonds. The second kappa shape index (κ2) is 5.19. The Hall–Kier alpha value is -1.98. The van der Waals surface area contributed by atoms with Crippen LogP contribution in [-0.2, 0) is 0 Å². The van der Waals surface area contributed by atoms with Crippen molar-refractivity contribution < 1.29 is 0 Å². The van der Waals surface area contributed by atoms with E-state index in [4.69, 9.17) is 22.7 Å². The van der Waals surface area contributed by atoms with Crippen molar-refractivity contribution in [3.8, 4) is 0 Å².